The molecule has 4 nitrogen and oxygen atoms in total. The maximum absolute atomic E-state index is 12.1. The molecule has 0 saturated heterocycles. The second-order valence-electron chi connectivity index (χ2n) is 5.48. The Kier molecular flexibility index (Phi) is 11.6. The number of nitrogens with one attached hydrogen (secondary N) is 1. The summed E-state index contributed by atoms with van der Waals surface area (Å²) in [5.41, 5.74) is 1.02. The van der Waals surface area contributed by atoms with Crippen molar-refractivity contribution >= 4 is 29.9 Å². The van der Waals surface area contributed by atoms with E-state index in [1.165, 1.54) is 0 Å². The molecule has 0 heterocycles. The molecule has 8 heteroatoms. The molecule has 0 aromatic heterocycles. The zero-order valence-electron chi connectivity index (χ0n) is 14.9. The number of hydrogen-bond donors (Lipinski definition) is 1. The van der Waals surface area contributed by atoms with E-state index >= 15 is 0 Å². The van der Waals surface area contributed by atoms with E-state index in [9.17, 15) is 13.2 Å². The van der Waals surface area contributed by atoms with Crippen molar-refractivity contribution in [2.75, 3.05) is 27.2 Å². The van der Waals surface area contributed by atoms with E-state index in [-0.39, 0.29) is 30.4 Å². The van der Waals surface area contributed by atoms with Gasteiger partial charge in [-0.1, -0.05) is 18.2 Å². The molecule has 0 aliphatic heterocycles. The Hall–Kier alpha value is -1.19. The number of benzene rings is 1. The minimum atomic E-state index is -4.09. The van der Waals surface area contributed by atoms with Crippen LogP contribution in [0, 0.1) is 0 Å². The number of aliphatic imine (C=N–C) groups is 1. The molecule has 144 valence electrons. The summed E-state index contributed by atoms with van der Waals surface area (Å²) in [4.78, 5) is 6.34. The Bertz CT molecular complexity index is 524. The Balaban J connectivity index is 0.00000576. The summed E-state index contributed by atoms with van der Waals surface area (Å²) >= 11 is 0. The number of unbranched alkanes of at least 4 members (excludes halogenated alkanes) is 1. The minimum absolute atomic E-state index is 0. The average Bonchev–Trinajstić information content (AvgIpc) is 2.53. The molecule has 0 amide bonds. The van der Waals surface area contributed by atoms with Gasteiger partial charge in [-0.25, -0.2) is 0 Å². The summed E-state index contributed by atoms with van der Waals surface area (Å²) in [7, 11) is 3.52. The molecule has 0 aliphatic rings. The third-order valence-corrected chi connectivity index (χ3v) is 3.43. The van der Waals surface area contributed by atoms with Crippen LogP contribution in [0.5, 0.6) is 5.75 Å². The van der Waals surface area contributed by atoms with Crippen molar-refractivity contribution in [3.8, 4) is 5.75 Å². The monoisotopic (exact) mass is 473 g/mol. The van der Waals surface area contributed by atoms with Crippen LogP contribution >= 0.6 is 24.0 Å². The molecule has 1 rings (SSSR count). The van der Waals surface area contributed by atoms with E-state index < -0.39 is 12.6 Å². The maximum atomic E-state index is 12.1. The van der Waals surface area contributed by atoms with Gasteiger partial charge in [-0.15, -0.1) is 24.0 Å². The Morgan fingerprint density at radius 1 is 1.24 bits per heavy atom. The molecule has 0 aliphatic carbocycles. The molecule has 0 saturated carbocycles. The van der Waals surface area contributed by atoms with Crippen LogP contribution in [-0.4, -0.2) is 44.3 Å². The second kappa shape index (κ2) is 12.2. The highest BCUT2D eigenvalue weighted by Gasteiger charge is 2.25. The Labute approximate surface area is 164 Å². The number of rotatable bonds is 8. The zero-order valence-corrected chi connectivity index (χ0v) is 17.2. The lowest BCUT2D eigenvalue weighted by Gasteiger charge is -2.23. The van der Waals surface area contributed by atoms with Crippen LogP contribution in [0.3, 0.4) is 0 Å². The summed E-state index contributed by atoms with van der Waals surface area (Å²) in [6.07, 6.45) is -4.33. The molecular formula is C17H27F3IN3O. The number of methoxy groups -OCH3 is 1. The molecule has 0 radical (unpaired) electrons. The molecule has 1 N–H and O–H groups in total. The van der Waals surface area contributed by atoms with Crippen molar-refractivity contribution in [2.45, 2.75) is 38.9 Å². The lowest BCUT2D eigenvalue weighted by atomic mass is 10.2. The molecule has 25 heavy (non-hydrogen) atoms. The number of hydrogen-bond acceptors (Lipinski definition) is 2. The van der Waals surface area contributed by atoms with Gasteiger partial charge in [-0.05, 0) is 25.8 Å². The third kappa shape index (κ3) is 9.76. The van der Waals surface area contributed by atoms with E-state index in [0.29, 0.717) is 32.0 Å². The lowest BCUT2D eigenvalue weighted by molar-refractivity contribution is -0.135. The first-order valence-electron chi connectivity index (χ1n) is 8.05. The largest absolute Gasteiger partial charge is 0.496 e. The first kappa shape index (κ1) is 23.8. The van der Waals surface area contributed by atoms with E-state index in [0.717, 1.165) is 11.3 Å². The summed E-state index contributed by atoms with van der Waals surface area (Å²) < 4.78 is 41.7. The first-order valence-corrected chi connectivity index (χ1v) is 8.05. The number of ether oxygens (including phenoxy) is 1. The van der Waals surface area contributed by atoms with Gasteiger partial charge in [0.05, 0.1) is 7.11 Å². The fourth-order valence-electron chi connectivity index (χ4n) is 2.26. The minimum Gasteiger partial charge on any atom is -0.496 e. The van der Waals surface area contributed by atoms with Crippen LogP contribution in [0.15, 0.2) is 29.3 Å². The third-order valence-electron chi connectivity index (χ3n) is 3.43. The van der Waals surface area contributed by atoms with Gasteiger partial charge in [-0.2, -0.15) is 13.2 Å². The van der Waals surface area contributed by atoms with Gasteiger partial charge in [0.25, 0.3) is 0 Å². The van der Waals surface area contributed by atoms with Crippen molar-refractivity contribution in [3.05, 3.63) is 29.8 Å². The molecule has 0 fully saturated rings. The van der Waals surface area contributed by atoms with E-state index in [4.69, 9.17) is 4.74 Å². The fraction of sp³-hybridized carbons (Fsp3) is 0.588. The van der Waals surface area contributed by atoms with Crippen molar-refractivity contribution in [1.29, 1.82) is 0 Å². The molecule has 0 spiro atoms. The normalized spacial score (nSPS) is 11.7. The number of alkyl halides is 3. The topological polar surface area (TPSA) is 36.9 Å². The Morgan fingerprint density at radius 2 is 1.92 bits per heavy atom. The van der Waals surface area contributed by atoms with Crippen LogP contribution < -0.4 is 10.1 Å². The highest BCUT2D eigenvalue weighted by atomic mass is 127. The molecule has 1 aromatic carbocycles. The smallest absolute Gasteiger partial charge is 0.389 e. The maximum Gasteiger partial charge on any atom is 0.389 e. The van der Waals surface area contributed by atoms with Gasteiger partial charge >= 0.3 is 6.18 Å². The van der Waals surface area contributed by atoms with E-state index in [2.05, 4.69) is 10.3 Å². The highest BCUT2D eigenvalue weighted by molar-refractivity contribution is 14.0. The van der Waals surface area contributed by atoms with Gasteiger partial charge in [0.15, 0.2) is 5.96 Å². The highest BCUT2D eigenvalue weighted by Crippen LogP contribution is 2.22. The SMILES string of the molecule is CCNC(=NCCCCC(F)(F)F)N(C)Cc1ccccc1OC.I. The molecule has 0 bridgehead atoms. The molecular weight excluding hydrogens is 446 g/mol. The summed E-state index contributed by atoms with van der Waals surface area (Å²) in [5, 5.41) is 3.16. The molecule has 0 atom stereocenters. The van der Waals surface area contributed by atoms with Crippen molar-refractivity contribution in [1.82, 2.24) is 10.2 Å². The summed E-state index contributed by atoms with van der Waals surface area (Å²) in [5.74, 6) is 1.47. The number of nitrogens with zero attached hydrogens (tertiary/aromatic N) is 2. The first-order chi connectivity index (χ1) is 11.4. The quantitative estimate of drug-likeness (QED) is 0.263. The second-order valence-corrected chi connectivity index (χ2v) is 5.48. The summed E-state index contributed by atoms with van der Waals surface area (Å²) in [6.45, 7) is 3.61. The van der Waals surface area contributed by atoms with Crippen LogP contribution in [0.1, 0.15) is 31.7 Å². The standard InChI is InChI=1S/C17H26F3N3O.HI/c1-4-21-16(22-12-8-7-11-17(18,19)20)23(2)13-14-9-5-6-10-15(14)24-3;/h5-6,9-10H,4,7-8,11-13H2,1-3H3,(H,21,22);1H. The number of halogens is 4. The van der Waals surface area contributed by atoms with Gasteiger partial charge in [-0.3, -0.25) is 4.99 Å². The van der Waals surface area contributed by atoms with E-state index in [1.54, 1.807) is 7.11 Å². The van der Waals surface area contributed by atoms with Gasteiger partial charge in [0, 0.05) is 38.7 Å². The zero-order chi connectivity index (χ0) is 18.0. The summed E-state index contributed by atoms with van der Waals surface area (Å²) in [6, 6.07) is 7.71. The molecule has 1 aromatic rings. The van der Waals surface area contributed by atoms with Crippen LogP contribution in [0.2, 0.25) is 0 Å². The number of guanidine groups is 1. The lowest BCUT2D eigenvalue weighted by Crippen LogP contribution is -2.38. The van der Waals surface area contributed by atoms with Gasteiger partial charge in [0.1, 0.15) is 5.75 Å². The average molecular weight is 473 g/mol. The van der Waals surface area contributed by atoms with Crippen molar-refractivity contribution in [2.24, 2.45) is 4.99 Å². The number of para-hydroxylation sites is 1. The van der Waals surface area contributed by atoms with E-state index in [1.807, 2.05) is 43.1 Å². The van der Waals surface area contributed by atoms with Crippen LogP contribution in [-0.2, 0) is 6.54 Å². The van der Waals surface area contributed by atoms with Crippen LogP contribution in [0.4, 0.5) is 13.2 Å². The predicted molar refractivity (Wildman–Crippen MR) is 106 cm³/mol. The van der Waals surface area contributed by atoms with Crippen molar-refractivity contribution in [3.63, 3.8) is 0 Å². The fourth-order valence-corrected chi connectivity index (χ4v) is 2.26. The van der Waals surface area contributed by atoms with Gasteiger partial charge in [0.2, 0.25) is 0 Å². The molecule has 0 unspecified atom stereocenters. The Morgan fingerprint density at radius 3 is 2.52 bits per heavy atom. The van der Waals surface area contributed by atoms with Gasteiger partial charge < -0.3 is 15.0 Å². The van der Waals surface area contributed by atoms with Crippen LogP contribution in [0.25, 0.3) is 0 Å². The predicted octanol–water partition coefficient (Wildman–Crippen LogP) is 4.44. The van der Waals surface area contributed by atoms with Crippen molar-refractivity contribution < 1.29 is 17.9 Å².